The first-order valence-corrected chi connectivity index (χ1v) is 19.4. The fraction of sp³-hybridized carbons (Fsp3) is 0. The van der Waals surface area contributed by atoms with Gasteiger partial charge in [0, 0.05) is 38.7 Å². The van der Waals surface area contributed by atoms with E-state index in [9.17, 15) is 0 Å². The van der Waals surface area contributed by atoms with Gasteiger partial charge in [-0.15, -0.1) is 0 Å². The molecule has 11 rings (SSSR count). The lowest BCUT2D eigenvalue weighted by Crippen LogP contribution is -2.10. The molecule has 57 heavy (non-hydrogen) atoms. The summed E-state index contributed by atoms with van der Waals surface area (Å²) < 4.78 is 9.37. The summed E-state index contributed by atoms with van der Waals surface area (Å²) >= 11 is 0. The molecular formula is C54H36N2O. The number of fused-ring (bicyclic) bond motifs is 6. The summed E-state index contributed by atoms with van der Waals surface area (Å²) in [7, 11) is 0. The zero-order valence-corrected chi connectivity index (χ0v) is 31.1. The Balaban J connectivity index is 1.14. The van der Waals surface area contributed by atoms with Gasteiger partial charge in [0.1, 0.15) is 11.2 Å². The number of rotatable bonds is 7. The van der Waals surface area contributed by atoms with Crippen molar-refractivity contribution in [3.05, 3.63) is 218 Å². The van der Waals surface area contributed by atoms with E-state index in [1.54, 1.807) is 0 Å². The predicted octanol–water partition coefficient (Wildman–Crippen LogP) is 15.2. The second-order valence-electron chi connectivity index (χ2n) is 14.5. The van der Waals surface area contributed by atoms with E-state index < -0.39 is 0 Å². The summed E-state index contributed by atoms with van der Waals surface area (Å²) in [6.45, 7) is 0. The van der Waals surface area contributed by atoms with Crippen molar-refractivity contribution >= 4 is 60.8 Å². The number of hydrogen-bond acceptors (Lipinski definition) is 2. The number of aromatic nitrogens is 1. The second kappa shape index (κ2) is 13.6. The SMILES string of the molecule is c1ccc(-c2ccc(N(c3ccc(-c4ccccc4)cc3)c3ccc(-c4ccccc4-n4c5ccccc5c5ccccc54)c4oc5ccccc5c34)cc2)cc1. The number of hydrogen-bond donors (Lipinski definition) is 0. The molecule has 0 N–H and O–H groups in total. The van der Waals surface area contributed by atoms with Crippen LogP contribution in [0.2, 0.25) is 0 Å². The molecule has 3 heteroatoms. The van der Waals surface area contributed by atoms with Gasteiger partial charge in [-0.3, -0.25) is 0 Å². The van der Waals surface area contributed by atoms with Crippen molar-refractivity contribution in [2.24, 2.45) is 0 Å². The maximum absolute atomic E-state index is 6.97. The number of furan rings is 1. The van der Waals surface area contributed by atoms with Gasteiger partial charge < -0.3 is 13.9 Å². The molecule has 0 spiro atoms. The third-order valence-corrected chi connectivity index (χ3v) is 11.2. The molecule has 3 nitrogen and oxygen atoms in total. The van der Waals surface area contributed by atoms with E-state index in [4.69, 9.17) is 4.42 Å². The first-order chi connectivity index (χ1) is 28.3. The molecule has 0 radical (unpaired) electrons. The average Bonchev–Trinajstić information content (AvgIpc) is 3.84. The molecule has 0 atom stereocenters. The number of nitrogens with zero attached hydrogens (tertiary/aromatic N) is 2. The van der Waals surface area contributed by atoms with Gasteiger partial charge in [-0.2, -0.15) is 0 Å². The van der Waals surface area contributed by atoms with Crippen molar-refractivity contribution in [1.29, 1.82) is 0 Å². The van der Waals surface area contributed by atoms with E-state index in [2.05, 4.69) is 228 Å². The van der Waals surface area contributed by atoms with Crippen LogP contribution in [-0.4, -0.2) is 4.57 Å². The van der Waals surface area contributed by atoms with E-state index in [1.807, 2.05) is 0 Å². The highest BCUT2D eigenvalue weighted by Gasteiger charge is 2.24. The van der Waals surface area contributed by atoms with Gasteiger partial charge in [0.05, 0.1) is 27.8 Å². The Morgan fingerprint density at radius 2 is 0.825 bits per heavy atom. The Morgan fingerprint density at radius 1 is 0.351 bits per heavy atom. The Labute approximate surface area is 330 Å². The van der Waals surface area contributed by atoms with Crippen molar-refractivity contribution in [3.8, 4) is 39.1 Å². The molecule has 9 aromatic carbocycles. The predicted molar refractivity (Wildman–Crippen MR) is 239 cm³/mol. The van der Waals surface area contributed by atoms with Crippen LogP contribution in [0.15, 0.2) is 223 Å². The second-order valence-corrected chi connectivity index (χ2v) is 14.5. The normalized spacial score (nSPS) is 11.5. The minimum absolute atomic E-state index is 0.855. The lowest BCUT2D eigenvalue weighted by molar-refractivity contribution is 0.670. The molecule has 0 aliphatic heterocycles. The fourth-order valence-electron chi connectivity index (χ4n) is 8.58. The minimum Gasteiger partial charge on any atom is -0.455 e. The van der Waals surface area contributed by atoms with Gasteiger partial charge in [0.2, 0.25) is 0 Å². The van der Waals surface area contributed by atoms with Crippen molar-refractivity contribution < 1.29 is 4.42 Å². The Morgan fingerprint density at radius 3 is 1.42 bits per heavy atom. The summed E-state index contributed by atoms with van der Waals surface area (Å²) in [5.74, 6) is 0. The average molecular weight is 729 g/mol. The van der Waals surface area contributed by atoms with Crippen LogP contribution in [0.1, 0.15) is 0 Å². The van der Waals surface area contributed by atoms with Crippen LogP contribution in [0.3, 0.4) is 0 Å². The molecule has 268 valence electrons. The van der Waals surface area contributed by atoms with Crippen molar-refractivity contribution in [1.82, 2.24) is 4.57 Å². The topological polar surface area (TPSA) is 21.3 Å². The molecule has 0 saturated carbocycles. The summed E-state index contributed by atoms with van der Waals surface area (Å²) in [5, 5.41) is 4.61. The maximum Gasteiger partial charge on any atom is 0.145 e. The molecule has 0 bridgehead atoms. The smallest absolute Gasteiger partial charge is 0.145 e. The van der Waals surface area contributed by atoms with E-state index in [0.29, 0.717) is 0 Å². The molecule has 0 aliphatic rings. The van der Waals surface area contributed by atoms with Gasteiger partial charge >= 0.3 is 0 Å². The Kier molecular flexibility index (Phi) is 7.82. The highest BCUT2D eigenvalue weighted by Crippen LogP contribution is 2.48. The van der Waals surface area contributed by atoms with Gasteiger partial charge in [0.25, 0.3) is 0 Å². The molecule has 0 aliphatic carbocycles. The molecule has 0 amide bonds. The standard InChI is InChI=1S/C54H36N2O/c1-3-15-37(16-4-1)39-27-31-41(32-28-39)55(42-33-29-40(30-34-42)38-17-5-2-6-18-38)51-36-35-46(54-53(51)47-22-10-14-26-52(47)57-54)45-21-9-13-25-50(45)56-48-23-11-7-19-43(48)44-20-8-12-24-49(44)56/h1-36H. The van der Waals surface area contributed by atoms with E-state index in [-0.39, 0.29) is 0 Å². The van der Waals surface area contributed by atoms with Gasteiger partial charge in [0.15, 0.2) is 0 Å². The first kappa shape index (κ1) is 32.8. The summed E-state index contributed by atoms with van der Waals surface area (Å²) in [5.41, 5.74) is 15.2. The van der Waals surface area contributed by atoms with Gasteiger partial charge in [-0.25, -0.2) is 0 Å². The monoisotopic (exact) mass is 728 g/mol. The maximum atomic E-state index is 6.97. The molecule has 2 heterocycles. The number of para-hydroxylation sites is 4. The molecular weight excluding hydrogens is 693 g/mol. The zero-order chi connectivity index (χ0) is 37.7. The largest absolute Gasteiger partial charge is 0.455 e. The lowest BCUT2D eigenvalue weighted by atomic mass is 9.98. The van der Waals surface area contributed by atoms with E-state index in [1.165, 1.54) is 44.1 Å². The zero-order valence-electron chi connectivity index (χ0n) is 31.1. The molecule has 0 unspecified atom stereocenters. The van der Waals surface area contributed by atoms with Crippen LogP contribution < -0.4 is 4.90 Å². The highest BCUT2D eigenvalue weighted by molar-refractivity contribution is 6.18. The van der Waals surface area contributed by atoms with Crippen LogP contribution in [0.5, 0.6) is 0 Å². The molecule has 0 saturated heterocycles. The van der Waals surface area contributed by atoms with Crippen LogP contribution in [0.25, 0.3) is 82.8 Å². The lowest BCUT2D eigenvalue weighted by Gasteiger charge is -2.27. The van der Waals surface area contributed by atoms with Crippen molar-refractivity contribution in [2.75, 3.05) is 4.90 Å². The summed E-state index contributed by atoms with van der Waals surface area (Å²) in [6, 6.07) is 77.9. The minimum atomic E-state index is 0.855. The van der Waals surface area contributed by atoms with Gasteiger partial charge in [-0.1, -0.05) is 158 Å². The Bertz CT molecular complexity index is 3080. The summed E-state index contributed by atoms with van der Waals surface area (Å²) in [6.07, 6.45) is 0. The van der Waals surface area contributed by atoms with E-state index >= 15 is 0 Å². The number of anilines is 3. The van der Waals surface area contributed by atoms with Crippen LogP contribution in [0.4, 0.5) is 17.1 Å². The van der Waals surface area contributed by atoms with Crippen molar-refractivity contribution in [2.45, 2.75) is 0 Å². The molecule has 11 aromatic rings. The molecule has 2 aromatic heterocycles. The fourth-order valence-corrected chi connectivity index (χ4v) is 8.58. The first-order valence-electron chi connectivity index (χ1n) is 19.4. The number of benzene rings is 9. The quantitative estimate of drug-likeness (QED) is 0.163. The van der Waals surface area contributed by atoms with Crippen molar-refractivity contribution in [3.63, 3.8) is 0 Å². The summed E-state index contributed by atoms with van der Waals surface area (Å²) in [4.78, 5) is 2.37. The third kappa shape index (κ3) is 5.51. The van der Waals surface area contributed by atoms with Crippen LogP contribution in [-0.2, 0) is 0 Å². The van der Waals surface area contributed by atoms with Crippen LogP contribution >= 0.6 is 0 Å². The molecule has 0 fully saturated rings. The van der Waals surface area contributed by atoms with E-state index in [0.717, 1.165) is 55.8 Å². The van der Waals surface area contributed by atoms with Gasteiger partial charge in [-0.05, 0) is 82.9 Å². The third-order valence-electron chi connectivity index (χ3n) is 11.2. The van der Waals surface area contributed by atoms with Crippen LogP contribution in [0, 0.1) is 0 Å². The Hall–Kier alpha value is -7.62. The highest BCUT2D eigenvalue weighted by atomic mass is 16.3.